The predicted octanol–water partition coefficient (Wildman–Crippen LogP) is 7.35. The summed E-state index contributed by atoms with van der Waals surface area (Å²) in [6.07, 6.45) is 0.872. The molecule has 0 fully saturated rings. The van der Waals surface area contributed by atoms with E-state index in [1.165, 1.54) is 6.07 Å². The number of nitrogens with zero attached hydrogens (tertiary/aromatic N) is 10. The molecule has 0 atom stereocenters. The highest BCUT2D eigenvalue weighted by atomic mass is 19.1. The monoisotopic (exact) mass is 610 g/mol. The molecule has 0 radical (unpaired) electrons. The van der Waals surface area contributed by atoms with E-state index >= 15 is 4.39 Å². The molecule has 2 aliphatic rings. The summed E-state index contributed by atoms with van der Waals surface area (Å²) in [5.74, 6) is -3.44. The predicted molar refractivity (Wildman–Crippen MR) is 157 cm³/mol. The molecule has 5 rings (SSSR count). The van der Waals surface area contributed by atoms with Gasteiger partial charge in [-0.1, -0.05) is 0 Å². The van der Waals surface area contributed by atoms with Crippen molar-refractivity contribution in [3.05, 3.63) is 150 Å². The smallest absolute Gasteiger partial charge is 0.237 e. The molecule has 2 aromatic carbocycles. The maximum absolute atomic E-state index is 15.5. The Hall–Kier alpha value is -8.25. The number of aromatic nitrogens is 1. The Morgan fingerprint density at radius 2 is 1.34 bits per heavy atom. The van der Waals surface area contributed by atoms with Gasteiger partial charge in [0.1, 0.15) is 23.8 Å². The molecule has 0 saturated carbocycles. The minimum absolute atomic E-state index is 0.148. The van der Waals surface area contributed by atoms with Crippen molar-refractivity contribution in [1.29, 1.82) is 26.3 Å². The molecule has 0 bridgehead atoms. The molecule has 212 valence electrons. The van der Waals surface area contributed by atoms with Crippen molar-refractivity contribution in [2.24, 2.45) is 0 Å². The standard InChI is InChI=1S/C34H5F3N10/c1-43-24-8-22(35)18(6-23(24)36)32-31(25(12-41)44-2)19-5-17-20(10-39)28(16-7-27(37)47-14-15(16)9-38)33(26(13-42)45-3)29(17)21(11-40)30(19)34(32)46-4/h5-8,14H/b31-25-,33-26-. The normalized spacial score (nSPS) is 14.4. The summed E-state index contributed by atoms with van der Waals surface area (Å²) in [7, 11) is 0. The molecule has 0 saturated heterocycles. The lowest BCUT2D eigenvalue weighted by Gasteiger charge is -2.14. The molecular weight excluding hydrogens is 605 g/mol. The molecule has 0 amide bonds. The summed E-state index contributed by atoms with van der Waals surface area (Å²) in [5.41, 5.74) is -6.73. The topological polar surface area (TPSA) is 149 Å². The zero-order valence-corrected chi connectivity index (χ0v) is 23.0. The lowest BCUT2D eigenvalue weighted by Crippen LogP contribution is -2.00. The second-order valence-corrected chi connectivity index (χ2v) is 9.36. The van der Waals surface area contributed by atoms with E-state index in [2.05, 4.69) is 24.4 Å². The molecule has 2 aliphatic carbocycles. The average molecular weight is 610 g/mol. The van der Waals surface area contributed by atoms with E-state index in [0.717, 1.165) is 12.3 Å². The molecule has 1 aromatic heterocycles. The highest BCUT2D eigenvalue weighted by Gasteiger charge is 2.41. The van der Waals surface area contributed by atoms with Crippen LogP contribution < -0.4 is 0 Å². The van der Waals surface area contributed by atoms with E-state index in [4.69, 9.17) is 26.3 Å². The van der Waals surface area contributed by atoms with E-state index in [9.17, 15) is 35.1 Å². The van der Waals surface area contributed by atoms with Gasteiger partial charge in [-0.3, -0.25) is 0 Å². The van der Waals surface area contributed by atoms with Crippen LogP contribution in [0.4, 0.5) is 18.9 Å². The number of allylic oxidation sites excluding steroid dienone is 7. The van der Waals surface area contributed by atoms with E-state index in [0.29, 0.717) is 12.1 Å². The fourth-order valence-electron chi connectivity index (χ4n) is 5.51. The SMILES string of the molecule is [C-]#[N+]C1=C(c2cc(F)c([N+]#[C-])cc2F)/C(=C(/C#N)[N+]#[C-])c2cc3c(c(C#N)c21)/C(=C(/C#N)[N+]#[C-])C(c1cc(F)ncc1C#N)=C3C#N. The number of hydrogen-bond donors (Lipinski definition) is 0. The second-order valence-electron chi connectivity index (χ2n) is 9.36. The van der Waals surface area contributed by atoms with Gasteiger partial charge in [0, 0.05) is 40.1 Å². The number of hydrogen-bond acceptors (Lipinski definition) is 6. The fourth-order valence-corrected chi connectivity index (χ4v) is 5.51. The van der Waals surface area contributed by atoms with E-state index in [-0.39, 0.29) is 55.7 Å². The van der Waals surface area contributed by atoms with Crippen LogP contribution >= 0.6 is 0 Å². The highest BCUT2D eigenvalue weighted by Crippen LogP contribution is 2.57. The van der Waals surface area contributed by atoms with Crippen molar-refractivity contribution < 1.29 is 13.2 Å². The lowest BCUT2D eigenvalue weighted by atomic mass is 9.87. The van der Waals surface area contributed by atoms with Gasteiger partial charge in [-0.25, -0.2) is 43.7 Å². The lowest BCUT2D eigenvalue weighted by molar-refractivity contribution is 0.583. The first-order valence-corrected chi connectivity index (χ1v) is 12.6. The van der Waals surface area contributed by atoms with Crippen LogP contribution in [0, 0.1) is 101 Å². The van der Waals surface area contributed by atoms with Crippen LogP contribution in [-0.4, -0.2) is 4.98 Å². The Bertz CT molecular complexity index is 2560. The maximum atomic E-state index is 15.5. The van der Waals surface area contributed by atoms with Gasteiger partial charge in [-0.05, 0) is 46.0 Å². The first-order chi connectivity index (χ1) is 22.7. The summed E-state index contributed by atoms with van der Waals surface area (Å²) in [6.45, 7) is 30.4. The maximum Gasteiger partial charge on any atom is 0.270 e. The molecule has 47 heavy (non-hydrogen) atoms. The first-order valence-electron chi connectivity index (χ1n) is 12.6. The highest BCUT2D eigenvalue weighted by molar-refractivity contribution is 6.30. The summed E-state index contributed by atoms with van der Waals surface area (Å²) in [6, 6.07) is 12.1. The van der Waals surface area contributed by atoms with E-state index in [1.54, 1.807) is 18.2 Å². The molecule has 0 unspecified atom stereocenters. The molecule has 10 nitrogen and oxygen atoms in total. The van der Waals surface area contributed by atoms with Crippen LogP contribution in [0.15, 0.2) is 41.9 Å². The number of benzene rings is 2. The summed E-state index contributed by atoms with van der Waals surface area (Å²) in [4.78, 5) is 16.2. The minimum atomic E-state index is -1.18. The van der Waals surface area contributed by atoms with Gasteiger partial charge >= 0.3 is 0 Å². The van der Waals surface area contributed by atoms with Crippen molar-refractivity contribution >= 4 is 39.2 Å². The van der Waals surface area contributed by atoms with Gasteiger partial charge in [-0.2, -0.15) is 20.2 Å². The Balaban J connectivity index is 2.06. The van der Waals surface area contributed by atoms with Gasteiger partial charge in [0.25, 0.3) is 11.4 Å². The summed E-state index contributed by atoms with van der Waals surface area (Å²) in [5, 5.41) is 50.6. The number of nitriles is 5. The van der Waals surface area contributed by atoms with Gasteiger partial charge in [0.15, 0.2) is 0 Å². The largest absolute Gasteiger partial charge is 0.270 e. The van der Waals surface area contributed by atoms with Crippen molar-refractivity contribution in [3.8, 4) is 30.3 Å². The quantitative estimate of drug-likeness (QED) is 0.168. The van der Waals surface area contributed by atoms with E-state index < -0.39 is 57.1 Å². The number of rotatable bonds is 2. The van der Waals surface area contributed by atoms with E-state index in [1.807, 2.05) is 12.1 Å². The Kier molecular flexibility index (Phi) is 7.36. The van der Waals surface area contributed by atoms with Crippen molar-refractivity contribution in [2.45, 2.75) is 0 Å². The van der Waals surface area contributed by atoms with Gasteiger partial charge in [0.2, 0.25) is 17.3 Å². The third-order valence-electron chi connectivity index (χ3n) is 7.27. The summed E-state index contributed by atoms with van der Waals surface area (Å²) >= 11 is 0. The first kappa shape index (κ1) is 30.2. The number of fused-ring (bicyclic) bond motifs is 2. The molecule has 0 spiro atoms. The molecule has 3 aromatic rings. The third kappa shape index (κ3) is 4.23. The van der Waals surface area contributed by atoms with Crippen LogP contribution in [0.5, 0.6) is 0 Å². The number of halogens is 3. The summed E-state index contributed by atoms with van der Waals surface area (Å²) < 4.78 is 44.8. The zero-order chi connectivity index (χ0) is 34.2. The van der Waals surface area contributed by atoms with Crippen LogP contribution in [-0.2, 0) is 0 Å². The number of pyridine rings is 1. The van der Waals surface area contributed by atoms with Crippen LogP contribution in [0.1, 0.15) is 44.5 Å². The minimum Gasteiger partial charge on any atom is -0.237 e. The molecular formula is C34H5F3N10. The van der Waals surface area contributed by atoms with Gasteiger partial charge in [0.05, 0.1) is 61.2 Å². The molecule has 1 heterocycles. The van der Waals surface area contributed by atoms with Crippen LogP contribution in [0.25, 0.3) is 52.9 Å². The van der Waals surface area contributed by atoms with Crippen molar-refractivity contribution in [2.75, 3.05) is 0 Å². The van der Waals surface area contributed by atoms with Crippen LogP contribution in [0.2, 0.25) is 0 Å². The van der Waals surface area contributed by atoms with Crippen molar-refractivity contribution in [3.63, 3.8) is 0 Å². The Morgan fingerprint density at radius 3 is 1.89 bits per heavy atom. The van der Waals surface area contributed by atoms with Crippen molar-refractivity contribution in [1.82, 2.24) is 4.98 Å². The Morgan fingerprint density at radius 1 is 0.660 bits per heavy atom. The van der Waals surface area contributed by atoms with Crippen LogP contribution in [0.3, 0.4) is 0 Å². The Labute approximate surface area is 263 Å². The molecule has 13 heteroatoms. The van der Waals surface area contributed by atoms with Gasteiger partial charge in [-0.15, -0.1) is 0 Å². The third-order valence-corrected chi connectivity index (χ3v) is 7.27. The molecule has 0 aliphatic heterocycles. The average Bonchev–Trinajstić information content (AvgIpc) is 3.58. The zero-order valence-electron chi connectivity index (χ0n) is 23.0. The van der Waals surface area contributed by atoms with Gasteiger partial charge < -0.3 is 0 Å². The second kappa shape index (κ2) is 11.4. The fraction of sp³-hybridized carbons (Fsp3) is 0. The molecule has 0 N–H and O–H groups in total.